The van der Waals surface area contributed by atoms with Crippen molar-refractivity contribution >= 4 is 23.4 Å². The minimum absolute atomic E-state index is 0.0347. The molecule has 3 N–H and O–H groups in total. The lowest BCUT2D eigenvalue weighted by molar-refractivity contribution is -0.144. The van der Waals surface area contributed by atoms with Crippen molar-refractivity contribution in [3.8, 4) is 0 Å². The number of likely N-dealkylation sites (tertiary alicyclic amines) is 1. The van der Waals surface area contributed by atoms with Crippen molar-refractivity contribution in [2.75, 3.05) is 57.7 Å². The molecule has 2 aromatic rings. The fourth-order valence-electron chi connectivity index (χ4n) is 5.92. The van der Waals surface area contributed by atoms with Gasteiger partial charge in [0.1, 0.15) is 0 Å². The van der Waals surface area contributed by atoms with Crippen LogP contribution in [0.3, 0.4) is 0 Å². The third-order valence-corrected chi connectivity index (χ3v) is 8.27. The molecule has 3 saturated heterocycles. The van der Waals surface area contributed by atoms with Crippen LogP contribution >= 0.6 is 0 Å². The van der Waals surface area contributed by atoms with Crippen molar-refractivity contribution < 1.29 is 14.4 Å². The van der Waals surface area contributed by atoms with Crippen LogP contribution in [0.15, 0.2) is 54.6 Å². The van der Waals surface area contributed by atoms with E-state index < -0.39 is 11.8 Å². The summed E-state index contributed by atoms with van der Waals surface area (Å²) in [6.45, 7) is 8.49. The van der Waals surface area contributed by atoms with Crippen LogP contribution in [0.25, 0.3) is 0 Å². The van der Waals surface area contributed by atoms with E-state index in [4.69, 9.17) is 0 Å². The molecule has 0 saturated carbocycles. The minimum atomic E-state index is -0.609. The molecule has 3 aliphatic rings. The van der Waals surface area contributed by atoms with Gasteiger partial charge in [-0.1, -0.05) is 42.5 Å². The molecule has 0 bridgehead atoms. The zero-order valence-corrected chi connectivity index (χ0v) is 23.3. The summed E-state index contributed by atoms with van der Waals surface area (Å²) in [6.07, 6.45) is 3.66. The van der Waals surface area contributed by atoms with Gasteiger partial charge in [-0.3, -0.25) is 24.2 Å². The Bertz CT molecular complexity index is 1130. The molecule has 214 valence electrons. The van der Waals surface area contributed by atoms with Gasteiger partial charge in [-0.2, -0.15) is 0 Å². The van der Waals surface area contributed by atoms with Crippen LogP contribution in [-0.4, -0.2) is 90.8 Å². The van der Waals surface area contributed by atoms with E-state index in [-0.39, 0.29) is 17.9 Å². The van der Waals surface area contributed by atoms with Crippen LogP contribution in [-0.2, 0) is 27.5 Å². The first kappa shape index (κ1) is 28.3. The topological polar surface area (TPSA) is 97.0 Å². The highest BCUT2D eigenvalue weighted by atomic mass is 16.2. The second kappa shape index (κ2) is 13.9. The summed E-state index contributed by atoms with van der Waals surface area (Å²) in [7, 11) is 0. The summed E-state index contributed by atoms with van der Waals surface area (Å²) in [5, 5.41) is 9.00. The Hall–Kier alpha value is -3.27. The first-order chi connectivity index (χ1) is 19.5. The summed E-state index contributed by atoms with van der Waals surface area (Å²) < 4.78 is 0. The van der Waals surface area contributed by atoms with Crippen molar-refractivity contribution in [3.63, 3.8) is 0 Å². The summed E-state index contributed by atoms with van der Waals surface area (Å²) in [4.78, 5) is 44.5. The predicted octanol–water partition coefficient (Wildman–Crippen LogP) is 2.05. The number of hydrogen-bond acceptors (Lipinski definition) is 6. The van der Waals surface area contributed by atoms with Gasteiger partial charge in [-0.25, -0.2) is 0 Å². The number of piperidine rings is 1. The Kier molecular flexibility index (Phi) is 9.81. The summed E-state index contributed by atoms with van der Waals surface area (Å²) in [5.74, 6) is -0.920. The maximum Gasteiger partial charge on any atom is 0.313 e. The van der Waals surface area contributed by atoms with Gasteiger partial charge in [-0.15, -0.1) is 0 Å². The zero-order chi connectivity index (χ0) is 27.7. The van der Waals surface area contributed by atoms with Crippen molar-refractivity contribution in [2.24, 2.45) is 5.92 Å². The number of piperazine rings is 1. The van der Waals surface area contributed by atoms with Crippen molar-refractivity contribution in [1.82, 2.24) is 25.3 Å². The predicted molar refractivity (Wildman–Crippen MR) is 155 cm³/mol. The van der Waals surface area contributed by atoms with E-state index in [1.807, 2.05) is 24.3 Å². The average molecular weight is 547 g/mol. The molecular weight excluding hydrogens is 504 g/mol. The van der Waals surface area contributed by atoms with Crippen LogP contribution in [0.5, 0.6) is 0 Å². The van der Waals surface area contributed by atoms with Crippen LogP contribution in [0.4, 0.5) is 5.69 Å². The number of nitrogens with zero attached hydrogens (tertiary/aromatic N) is 3. The highest BCUT2D eigenvalue weighted by molar-refractivity contribution is 6.39. The Labute approximate surface area is 237 Å². The second-order valence-corrected chi connectivity index (χ2v) is 11.3. The highest BCUT2D eigenvalue weighted by Crippen LogP contribution is 2.18. The third-order valence-electron chi connectivity index (χ3n) is 8.27. The molecule has 9 nitrogen and oxygen atoms in total. The Balaban J connectivity index is 1.03. The number of amides is 3. The van der Waals surface area contributed by atoms with Gasteiger partial charge in [0.05, 0.1) is 6.04 Å². The average Bonchev–Trinajstić information content (AvgIpc) is 3.54. The van der Waals surface area contributed by atoms with Gasteiger partial charge in [-0.05, 0) is 61.4 Å². The smallest absolute Gasteiger partial charge is 0.313 e. The Morgan fingerprint density at radius 3 is 2.12 bits per heavy atom. The van der Waals surface area contributed by atoms with E-state index in [9.17, 15) is 14.4 Å². The molecule has 0 aliphatic carbocycles. The number of nitrogens with one attached hydrogen (secondary N) is 3. The Morgan fingerprint density at radius 1 is 0.800 bits per heavy atom. The molecule has 3 fully saturated rings. The van der Waals surface area contributed by atoms with Crippen molar-refractivity contribution in [2.45, 2.75) is 44.8 Å². The van der Waals surface area contributed by atoms with Crippen LogP contribution in [0, 0.1) is 5.92 Å². The lowest BCUT2D eigenvalue weighted by atomic mass is 9.97. The van der Waals surface area contributed by atoms with Crippen molar-refractivity contribution in [3.05, 3.63) is 65.7 Å². The largest absolute Gasteiger partial charge is 0.354 e. The first-order valence-electron chi connectivity index (χ1n) is 14.7. The molecule has 0 aromatic heterocycles. The standard InChI is InChI=1S/C31H42N6O3/c38-29(28-9-4-14-32-28)33-20-26-8-5-15-37(23-26)31(40)30(39)34-27-12-10-25(11-13-27)22-36-18-16-35(17-19-36)21-24-6-2-1-3-7-24/h1-3,6-7,10-13,26,28,32H,4-5,8-9,14-23H2,(H,33,38)(H,34,39). The molecular formula is C31H42N6O3. The van der Waals surface area contributed by atoms with E-state index in [0.717, 1.165) is 71.5 Å². The monoisotopic (exact) mass is 546 g/mol. The SMILES string of the molecule is O=C(Nc1ccc(CN2CCN(Cc3ccccc3)CC2)cc1)C(=O)N1CCCC(CNC(=O)C2CCCN2)C1. The van der Waals surface area contributed by atoms with Crippen LogP contribution < -0.4 is 16.0 Å². The molecule has 2 unspecified atom stereocenters. The fraction of sp³-hybridized carbons (Fsp3) is 0.516. The molecule has 3 aliphatic heterocycles. The van der Waals surface area contributed by atoms with E-state index in [0.29, 0.717) is 25.3 Å². The fourth-order valence-corrected chi connectivity index (χ4v) is 5.92. The third kappa shape index (κ3) is 7.90. The second-order valence-electron chi connectivity index (χ2n) is 11.3. The number of anilines is 1. The van der Waals surface area contributed by atoms with E-state index in [1.165, 1.54) is 11.1 Å². The normalized spacial score (nSPS) is 22.1. The lowest BCUT2D eigenvalue weighted by Gasteiger charge is -2.34. The molecule has 0 radical (unpaired) electrons. The van der Waals surface area contributed by atoms with E-state index in [2.05, 4.69) is 56.1 Å². The highest BCUT2D eigenvalue weighted by Gasteiger charge is 2.29. The molecule has 3 heterocycles. The molecule has 2 atom stereocenters. The van der Waals surface area contributed by atoms with Gasteiger partial charge in [0, 0.05) is 64.6 Å². The van der Waals surface area contributed by atoms with Crippen LogP contribution in [0.2, 0.25) is 0 Å². The lowest BCUT2D eigenvalue weighted by Crippen LogP contribution is -2.49. The molecule has 5 rings (SSSR count). The number of carbonyl (C=O) groups is 3. The first-order valence-corrected chi connectivity index (χ1v) is 14.7. The van der Waals surface area contributed by atoms with Crippen LogP contribution in [0.1, 0.15) is 36.8 Å². The van der Waals surface area contributed by atoms with Gasteiger partial charge in [0.25, 0.3) is 0 Å². The zero-order valence-electron chi connectivity index (χ0n) is 23.3. The maximum atomic E-state index is 12.9. The quantitative estimate of drug-likeness (QED) is 0.439. The number of benzene rings is 2. The molecule has 0 spiro atoms. The number of hydrogen-bond donors (Lipinski definition) is 3. The molecule has 40 heavy (non-hydrogen) atoms. The maximum absolute atomic E-state index is 12.9. The number of rotatable bonds is 8. The van der Waals surface area contributed by atoms with Crippen molar-refractivity contribution in [1.29, 1.82) is 0 Å². The summed E-state index contributed by atoms with van der Waals surface area (Å²) in [6, 6.07) is 18.3. The van der Waals surface area contributed by atoms with Gasteiger partial charge in [0.2, 0.25) is 5.91 Å². The van der Waals surface area contributed by atoms with Gasteiger partial charge < -0.3 is 20.9 Å². The van der Waals surface area contributed by atoms with Gasteiger partial charge in [0.15, 0.2) is 0 Å². The molecule has 2 aromatic carbocycles. The molecule has 9 heteroatoms. The summed E-state index contributed by atoms with van der Waals surface area (Å²) in [5.41, 5.74) is 3.17. The minimum Gasteiger partial charge on any atom is -0.354 e. The molecule has 3 amide bonds. The summed E-state index contributed by atoms with van der Waals surface area (Å²) >= 11 is 0. The number of carbonyl (C=O) groups excluding carboxylic acids is 3. The Morgan fingerprint density at radius 2 is 1.48 bits per heavy atom. The van der Waals surface area contributed by atoms with E-state index in [1.54, 1.807) is 4.90 Å². The van der Waals surface area contributed by atoms with E-state index >= 15 is 0 Å². The van der Waals surface area contributed by atoms with Gasteiger partial charge >= 0.3 is 11.8 Å².